The molecule has 6 heteroatoms. The first kappa shape index (κ1) is 16.9. The minimum atomic E-state index is -1.83. The van der Waals surface area contributed by atoms with Crippen molar-refractivity contribution in [3.63, 3.8) is 0 Å². The maximum atomic E-state index is 5.47. The zero-order valence-electron chi connectivity index (χ0n) is 11.9. The Kier molecular flexibility index (Phi) is 9.04. The van der Waals surface area contributed by atoms with Crippen molar-refractivity contribution >= 4 is 30.3 Å². The molecule has 0 bridgehead atoms. The quantitative estimate of drug-likeness (QED) is 0.301. The maximum absolute atomic E-state index is 5.47. The summed E-state index contributed by atoms with van der Waals surface area (Å²) in [6.45, 7) is 2.13. The molecule has 0 aromatic heterocycles. The summed E-state index contributed by atoms with van der Waals surface area (Å²) < 4.78 is 14.5. The SMILES string of the molecule is CO[Si](C)(CCCSSNC1CCCCC1)OC. The average Bonchev–Trinajstić information content (AvgIpc) is 2.43. The lowest BCUT2D eigenvalue weighted by molar-refractivity contribution is 0.249. The fourth-order valence-electron chi connectivity index (χ4n) is 2.10. The molecule has 1 rings (SSSR count). The minimum Gasteiger partial charge on any atom is -0.398 e. The molecule has 0 saturated heterocycles. The highest BCUT2D eigenvalue weighted by Gasteiger charge is 2.27. The van der Waals surface area contributed by atoms with Crippen molar-refractivity contribution in [2.75, 3.05) is 20.0 Å². The van der Waals surface area contributed by atoms with Gasteiger partial charge in [0.1, 0.15) is 0 Å². The fraction of sp³-hybridized carbons (Fsp3) is 1.00. The van der Waals surface area contributed by atoms with Crippen LogP contribution in [0.3, 0.4) is 0 Å². The van der Waals surface area contributed by atoms with E-state index in [1.807, 2.05) is 21.8 Å². The highest BCUT2D eigenvalue weighted by Crippen LogP contribution is 2.26. The molecule has 1 aliphatic rings. The number of nitrogens with one attached hydrogen (secondary N) is 1. The Morgan fingerprint density at radius 2 is 1.83 bits per heavy atom. The summed E-state index contributed by atoms with van der Waals surface area (Å²) in [6, 6.07) is 1.82. The Labute approximate surface area is 121 Å². The van der Waals surface area contributed by atoms with E-state index in [1.165, 1.54) is 44.3 Å². The summed E-state index contributed by atoms with van der Waals surface area (Å²) in [7, 11) is 5.45. The third-order valence-electron chi connectivity index (χ3n) is 3.60. The third kappa shape index (κ3) is 6.82. The normalized spacial score (nSPS) is 18.2. The molecule has 0 aromatic rings. The van der Waals surface area contributed by atoms with Gasteiger partial charge in [0, 0.05) is 26.0 Å². The van der Waals surface area contributed by atoms with Crippen LogP contribution in [-0.2, 0) is 8.85 Å². The lowest BCUT2D eigenvalue weighted by Gasteiger charge is -2.23. The monoisotopic (exact) mass is 309 g/mol. The second-order valence-electron chi connectivity index (χ2n) is 5.00. The number of rotatable bonds is 9. The van der Waals surface area contributed by atoms with Gasteiger partial charge in [0.05, 0.1) is 0 Å². The van der Waals surface area contributed by atoms with Gasteiger partial charge in [0.2, 0.25) is 0 Å². The molecule has 1 aliphatic carbocycles. The van der Waals surface area contributed by atoms with Crippen LogP contribution in [0.2, 0.25) is 12.6 Å². The Morgan fingerprint density at radius 3 is 2.44 bits per heavy atom. The van der Waals surface area contributed by atoms with Gasteiger partial charge in [0.25, 0.3) is 0 Å². The van der Waals surface area contributed by atoms with Crippen LogP contribution in [-0.4, -0.2) is 34.6 Å². The van der Waals surface area contributed by atoms with Crippen LogP contribution < -0.4 is 4.72 Å². The van der Waals surface area contributed by atoms with Gasteiger partial charge in [0.15, 0.2) is 0 Å². The zero-order chi connectivity index (χ0) is 13.3. The van der Waals surface area contributed by atoms with Crippen molar-refractivity contribution in [2.45, 2.75) is 57.2 Å². The third-order valence-corrected chi connectivity index (χ3v) is 8.74. The van der Waals surface area contributed by atoms with Crippen molar-refractivity contribution in [3.05, 3.63) is 0 Å². The van der Waals surface area contributed by atoms with Crippen LogP contribution in [0.15, 0.2) is 0 Å². The second-order valence-corrected chi connectivity index (χ2v) is 10.8. The van der Waals surface area contributed by atoms with Crippen LogP contribution in [0.25, 0.3) is 0 Å². The molecule has 0 atom stereocenters. The van der Waals surface area contributed by atoms with Crippen molar-refractivity contribution in [2.24, 2.45) is 0 Å². The molecule has 0 unspecified atom stereocenters. The van der Waals surface area contributed by atoms with Crippen molar-refractivity contribution in [3.8, 4) is 0 Å². The molecule has 3 nitrogen and oxygen atoms in total. The van der Waals surface area contributed by atoms with E-state index in [1.54, 1.807) is 14.2 Å². The van der Waals surface area contributed by atoms with E-state index in [0.717, 1.165) is 12.1 Å². The molecule has 0 amide bonds. The summed E-state index contributed by atoms with van der Waals surface area (Å²) in [6.07, 6.45) is 8.10. The van der Waals surface area contributed by atoms with Crippen molar-refractivity contribution in [1.82, 2.24) is 4.72 Å². The lowest BCUT2D eigenvalue weighted by atomic mass is 9.96. The topological polar surface area (TPSA) is 30.5 Å². The molecule has 108 valence electrons. The molecule has 0 spiro atoms. The first-order valence-corrected chi connectivity index (χ1v) is 11.7. The Balaban J connectivity index is 1.95. The van der Waals surface area contributed by atoms with Gasteiger partial charge in [-0.2, -0.15) is 0 Å². The number of hydrogen-bond donors (Lipinski definition) is 1. The molecule has 0 aromatic carbocycles. The Hall–Kier alpha value is 0.797. The van der Waals surface area contributed by atoms with Crippen LogP contribution in [0.4, 0.5) is 0 Å². The highest BCUT2D eigenvalue weighted by atomic mass is 33.1. The standard InChI is InChI=1S/C12H27NO2S2Si/c1-14-18(3,15-2)11-7-10-16-17-13-12-8-5-4-6-9-12/h12-13H,4-11H2,1-3H3. The fourth-order valence-corrected chi connectivity index (χ4v) is 5.76. The van der Waals surface area contributed by atoms with E-state index in [0.29, 0.717) is 0 Å². The van der Waals surface area contributed by atoms with Crippen molar-refractivity contribution < 1.29 is 8.85 Å². The van der Waals surface area contributed by atoms with Crippen LogP contribution >= 0.6 is 21.8 Å². The molecule has 0 aliphatic heterocycles. The van der Waals surface area contributed by atoms with Gasteiger partial charge >= 0.3 is 8.56 Å². The summed E-state index contributed by atoms with van der Waals surface area (Å²) >= 11 is 0. The summed E-state index contributed by atoms with van der Waals surface area (Å²) in [5, 5.41) is 0. The molecule has 18 heavy (non-hydrogen) atoms. The van der Waals surface area contributed by atoms with E-state index in [4.69, 9.17) is 8.85 Å². The van der Waals surface area contributed by atoms with Crippen LogP contribution in [0.1, 0.15) is 38.5 Å². The van der Waals surface area contributed by atoms with Gasteiger partial charge in [-0.1, -0.05) is 30.1 Å². The molecular formula is C12H27NO2S2Si. The van der Waals surface area contributed by atoms with Crippen molar-refractivity contribution in [1.29, 1.82) is 0 Å². The average molecular weight is 310 g/mol. The Morgan fingerprint density at radius 1 is 1.17 bits per heavy atom. The van der Waals surface area contributed by atoms with Gasteiger partial charge < -0.3 is 8.85 Å². The molecule has 0 radical (unpaired) electrons. The number of hydrogen-bond acceptors (Lipinski definition) is 5. The first-order chi connectivity index (χ1) is 8.70. The summed E-state index contributed by atoms with van der Waals surface area (Å²) in [4.78, 5) is 0. The largest absolute Gasteiger partial charge is 0.398 e. The first-order valence-electron chi connectivity index (χ1n) is 6.84. The summed E-state index contributed by atoms with van der Waals surface area (Å²) in [5.41, 5.74) is 0. The van der Waals surface area contributed by atoms with Gasteiger partial charge in [-0.3, -0.25) is 4.72 Å². The van der Waals surface area contributed by atoms with E-state index in [9.17, 15) is 0 Å². The summed E-state index contributed by atoms with van der Waals surface area (Å²) in [5.74, 6) is 1.17. The minimum absolute atomic E-state index is 0.744. The van der Waals surface area contributed by atoms with Gasteiger partial charge in [-0.25, -0.2) is 0 Å². The Bertz CT molecular complexity index is 212. The lowest BCUT2D eigenvalue weighted by Crippen LogP contribution is -2.35. The van der Waals surface area contributed by atoms with E-state index < -0.39 is 8.56 Å². The molecule has 1 fully saturated rings. The van der Waals surface area contributed by atoms with E-state index >= 15 is 0 Å². The van der Waals surface area contributed by atoms with E-state index in [-0.39, 0.29) is 0 Å². The predicted octanol–water partition coefficient (Wildman–Crippen LogP) is 3.96. The second kappa shape index (κ2) is 9.66. The van der Waals surface area contributed by atoms with Crippen LogP contribution in [0.5, 0.6) is 0 Å². The van der Waals surface area contributed by atoms with Gasteiger partial charge in [-0.05, 0) is 42.8 Å². The maximum Gasteiger partial charge on any atom is 0.334 e. The molecule has 1 N–H and O–H groups in total. The van der Waals surface area contributed by atoms with Gasteiger partial charge in [-0.15, -0.1) is 0 Å². The molecule has 0 heterocycles. The zero-order valence-corrected chi connectivity index (χ0v) is 14.5. The predicted molar refractivity (Wildman–Crippen MR) is 85.1 cm³/mol. The molecule has 1 saturated carbocycles. The highest BCUT2D eigenvalue weighted by molar-refractivity contribution is 8.76. The molecular weight excluding hydrogens is 282 g/mol. The smallest absolute Gasteiger partial charge is 0.334 e. The van der Waals surface area contributed by atoms with E-state index in [2.05, 4.69) is 11.3 Å². The van der Waals surface area contributed by atoms with Crippen LogP contribution in [0, 0.1) is 0 Å².